The normalized spacial score (nSPS) is 24.3. The fourth-order valence-corrected chi connectivity index (χ4v) is 2.58. The van der Waals surface area contributed by atoms with E-state index >= 15 is 0 Å². The topological polar surface area (TPSA) is 21.3 Å². The Bertz CT molecular complexity index is 411. The van der Waals surface area contributed by atoms with Crippen LogP contribution in [-0.2, 0) is 4.74 Å². The molecule has 2 nitrogen and oxygen atoms in total. The third kappa shape index (κ3) is 3.45. The lowest BCUT2D eigenvalue weighted by Crippen LogP contribution is -2.36. The number of nitrogens with one attached hydrogen (secondary N) is 1. The van der Waals surface area contributed by atoms with Crippen molar-refractivity contribution in [3.63, 3.8) is 0 Å². The molecule has 1 aliphatic heterocycles. The zero-order chi connectivity index (χ0) is 13.1. The molecule has 0 spiro atoms. The van der Waals surface area contributed by atoms with Gasteiger partial charge in [0.15, 0.2) is 0 Å². The summed E-state index contributed by atoms with van der Waals surface area (Å²) < 4.78 is 20.2. The molecule has 2 atom stereocenters. The lowest BCUT2D eigenvalue weighted by Gasteiger charge is -2.33. The monoisotopic (exact) mass is 315 g/mol. The van der Waals surface area contributed by atoms with Crippen molar-refractivity contribution in [3.8, 4) is 0 Å². The van der Waals surface area contributed by atoms with Gasteiger partial charge >= 0.3 is 0 Å². The molecular weight excluding hydrogens is 297 g/mol. The molecule has 4 heteroatoms. The molecule has 1 aromatic carbocycles. The average molecular weight is 316 g/mol. The smallest absolute Gasteiger partial charge is 0.147 e. The summed E-state index contributed by atoms with van der Waals surface area (Å²) in [7, 11) is 0. The molecule has 100 valence electrons. The van der Waals surface area contributed by atoms with Crippen molar-refractivity contribution in [2.75, 3.05) is 11.9 Å². The van der Waals surface area contributed by atoms with Crippen LogP contribution in [-0.4, -0.2) is 18.8 Å². The number of hydrogen-bond donors (Lipinski definition) is 1. The summed E-state index contributed by atoms with van der Waals surface area (Å²) in [4.78, 5) is 0. The Labute approximate surface area is 116 Å². The first kappa shape index (κ1) is 13.8. The van der Waals surface area contributed by atoms with Gasteiger partial charge in [-0.05, 0) is 37.0 Å². The fraction of sp³-hybridized carbons (Fsp3) is 0.571. The highest BCUT2D eigenvalue weighted by Crippen LogP contribution is 2.25. The summed E-state index contributed by atoms with van der Waals surface area (Å²) in [5.74, 6) is 0.293. The summed E-state index contributed by atoms with van der Waals surface area (Å²) in [6.07, 6.45) is 2.14. The molecule has 1 heterocycles. The quantitative estimate of drug-likeness (QED) is 0.902. The number of halogens is 2. The molecule has 1 aliphatic rings. The van der Waals surface area contributed by atoms with Crippen LogP contribution >= 0.6 is 15.9 Å². The molecule has 2 rings (SSSR count). The van der Waals surface area contributed by atoms with E-state index in [1.165, 1.54) is 6.07 Å². The van der Waals surface area contributed by atoms with Crippen LogP contribution in [0.25, 0.3) is 0 Å². The Morgan fingerprint density at radius 1 is 1.44 bits per heavy atom. The zero-order valence-electron chi connectivity index (χ0n) is 10.7. The van der Waals surface area contributed by atoms with Gasteiger partial charge in [0.25, 0.3) is 0 Å². The molecule has 0 saturated carbocycles. The molecule has 0 aliphatic carbocycles. The number of benzene rings is 1. The zero-order valence-corrected chi connectivity index (χ0v) is 12.3. The van der Waals surface area contributed by atoms with E-state index in [0.717, 1.165) is 23.9 Å². The molecule has 1 N–H and O–H groups in total. The second-order valence-electron chi connectivity index (χ2n) is 5.14. The molecule has 0 aromatic heterocycles. The SMILES string of the molecule is CC(C)C1CC(Nc2ccc(Br)cc2F)CCO1. The summed E-state index contributed by atoms with van der Waals surface area (Å²) in [5, 5.41) is 3.29. The van der Waals surface area contributed by atoms with Gasteiger partial charge < -0.3 is 10.1 Å². The minimum Gasteiger partial charge on any atom is -0.380 e. The lowest BCUT2D eigenvalue weighted by molar-refractivity contribution is -0.0161. The first-order chi connectivity index (χ1) is 8.56. The van der Waals surface area contributed by atoms with E-state index in [0.29, 0.717) is 17.6 Å². The van der Waals surface area contributed by atoms with E-state index in [1.54, 1.807) is 6.07 Å². The van der Waals surface area contributed by atoms with Crippen LogP contribution in [0.2, 0.25) is 0 Å². The van der Waals surface area contributed by atoms with Crippen LogP contribution in [0.5, 0.6) is 0 Å². The van der Waals surface area contributed by atoms with Crippen LogP contribution in [0.15, 0.2) is 22.7 Å². The van der Waals surface area contributed by atoms with E-state index in [4.69, 9.17) is 4.74 Å². The van der Waals surface area contributed by atoms with Gasteiger partial charge in [0.05, 0.1) is 11.8 Å². The van der Waals surface area contributed by atoms with Gasteiger partial charge in [0, 0.05) is 17.1 Å². The molecule has 1 saturated heterocycles. The number of ether oxygens (including phenoxy) is 1. The van der Waals surface area contributed by atoms with E-state index in [1.807, 2.05) is 6.07 Å². The average Bonchev–Trinajstić information content (AvgIpc) is 2.33. The van der Waals surface area contributed by atoms with E-state index < -0.39 is 0 Å². The van der Waals surface area contributed by atoms with Gasteiger partial charge in [-0.25, -0.2) is 4.39 Å². The maximum absolute atomic E-state index is 13.7. The molecule has 0 radical (unpaired) electrons. The second-order valence-corrected chi connectivity index (χ2v) is 6.06. The van der Waals surface area contributed by atoms with Crippen molar-refractivity contribution < 1.29 is 9.13 Å². The van der Waals surface area contributed by atoms with Gasteiger partial charge in [0.2, 0.25) is 0 Å². The fourth-order valence-electron chi connectivity index (χ4n) is 2.25. The molecule has 18 heavy (non-hydrogen) atoms. The van der Waals surface area contributed by atoms with E-state index in [-0.39, 0.29) is 11.9 Å². The third-order valence-electron chi connectivity index (χ3n) is 3.35. The Kier molecular flexibility index (Phi) is 4.62. The maximum Gasteiger partial charge on any atom is 0.147 e. The minimum absolute atomic E-state index is 0.211. The van der Waals surface area contributed by atoms with Gasteiger partial charge in [0.1, 0.15) is 5.82 Å². The molecule has 0 amide bonds. The Balaban J connectivity index is 2.00. The van der Waals surface area contributed by atoms with E-state index in [2.05, 4.69) is 35.1 Å². The summed E-state index contributed by atoms with van der Waals surface area (Å²) in [6.45, 7) is 5.07. The molecule has 1 aromatic rings. The highest BCUT2D eigenvalue weighted by molar-refractivity contribution is 9.10. The molecule has 1 fully saturated rings. The number of rotatable bonds is 3. The van der Waals surface area contributed by atoms with Crippen molar-refractivity contribution in [1.29, 1.82) is 0 Å². The van der Waals surface area contributed by atoms with Gasteiger partial charge in [-0.3, -0.25) is 0 Å². The first-order valence-corrected chi connectivity index (χ1v) is 7.18. The molecular formula is C14H19BrFNO. The minimum atomic E-state index is -0.211. The predicted molar refractivity (Wildman–Crippen MR) is 75.3 cm³/mol. The summed E-state index contributed by atoms with van der Waals surface area (Å²) in [5.41, 5.74) is 0.576. The Morgan fingerprint density at radius 3 is 2.89 bits per heavy atom. The van der Waals surface area contributed by atoms with Crippen LogP contribution in [0.3, 0.4) is 0 Å². The van der Waals surface area contributed by atoms with Gasteiger partial charge in [-0.15, -0.1) is 0 Å². The Hall–Kier alpha value is -0.610. The van der Waals surface area contributed by atoms with Crippen LogP contribution < -0.4 is 5.32 Å². The van der Waals surface area contributed by atoms with Crippen LogP contribution in [0.1, 0.15) is 26.7 Å². The summed E-state index contributed by atoms with van der Waals surface area (Å²) >= 11 is 3.26. The van der Waals surface area contributed by atoms with Crippen LogP contribution in [0.4, 0.5) is 10.1 Å². The Morgan fingerprint density at radius 2 is 2.22 bits per heavy atom. The summed E-state index contributed by atoms with van der Waals surface area (Å²) in [6, 6.07) is 5.41. The predicted octanol–water partition coefficient (Wildman–Crippen LogP) is 4.20. The van der Waals surface area contributed by atoms with E-state index in [9.17, 15) is 4.39 Å². The van der Waals surface area contributed by atoms with Crippen molar-refractivity contribution in [2.45, 2.75) is 38.8 Å². The van der Waals surface area contributed by atoms with Crippen molar-refractivity contribution in [3.05, 3.63) is 28.5 Å². The maximum atomic E-state index is 13.7. The van der Waals surface area contributed by atoms with Gasteiger partial charge in [-0.1, -0.05) is 29.8 Å². The standard InChI is InChI=1S/C14H19BrFNO/c1-9(2)14-8-11(5-6-18-14)17-13-4-3-10(15)7-12(13)16/h3-4,7,9,11,14,17H,5-6,8H2,1-2H3. The van der Waals surface area contributed by atoms with Gasteiger partial charge in [-0.2, -0.15) is 0 Å². The second kappa shape index (κ2) is 6.02. The van der Waals surface area contributed by atoms with Crippen LogP contribution in [0, 0.1) is 11.7 Å². The van der Waals surface area contributed by atoms with Crippen molar-refractivity contribution >= 4 is 21.6 Å². The molecule has 0 bridgehead atoms. The number of anilines is 1. The first-order valence-electron chi connectivity index (χ1n) is 6.39. The largest absolute Gasteiger partial charge is 0.380 e. The molecule has 2 unspecified atom stereocenters. The lowest BCUT2D eigenvalue weighted by atomic mass is 9.95. The number of hydrogen-bond acceptors (Lipinski definition) is 2. The van der Waals surface area contributed by atoms with Crippen molar-refractivity contribution in [1.82, 2.24) is 0 Å². The highest BCUT2D eigenvalue weighted by Gasteiger charge is 2.25. The highest BCUT2D eigenvalue weighted by atomic mass is 79.9. The third-order valence-corrected chi connectivity index (χ3v) is 3.84. The van der Waals surface area contributed by atoms with Crippen molar-refractivity contribution in [2.24, 2.45) is 5.92 Å².